The van der Waals surface area contributed by atoms with Crippen molar-refractivity contribution in [2.75, 3.05) is 26.2 Å². The quantitative estimate of drug-likeness (QED) is 0.107. The van der Waals surface area contributed by atoms with Gasteiger partial charge in [-0.1, -0.05) is 63.9 Å². The lowest BCUT2D eigenvalue weighted by molar-refractivity contribution is -0.142. The molecule has 256 valence electrons. The molecule has 2 rings (SSSR count). The molecule has 0 bridgehead atoms. The first kappa shape index (κ1) is 38.1. The first-order chi connectivity index (χ1) is 22.5. The van der Waals surface area contributed by atoms with Gasteiger partial charge in [0.05, 0.1) is 32.0 Å². The molecule has 1 aromatic rings. The van der Waals surface area contributed by atoms with E-state index in [1.807, 2.05) is 11.1 Å². The molecule has 1 aliphatic rings. The Morgan fingerprint density at radius 2 is 1.53 bits per heavy atom. The lowest BCUT2D eigenvalue weighted by atomic mass is 10.0. The fourth-order valence-electron chi connectivity index (χ4n) is 4.55. The summed E-state index contributed by atoms with van der Waals surface area (Å²) in [6, 6.07) is 4.17. The molecule has 1 aromatic carbocycles. The third-order valence-electron chi connectivity index (χ3n) is 7.06. The van der Waals surface area contributed by atoms with Crippen LogP contribution in [-0.4, -0.2) is 95.9 Å². The van der Waals surface area contributed by atoms with Crippen LogP contribution in [0.3, 0.4) is 0 Å². The van der Waals surface area contributed by atoms with E-state index in [1.165, 1.54) is 12.1 Å². The fourth-order valence-corrected chi connectivity index (χ4v) is 4.55. The van der Waals surface area contributed by atoms with E-state index < -0.39 is 60.1 Å². The van der Waals surface area contributed by atoms with Crippen LogP contribution in [0.1, 0.15) is 70.9 Å². The normalized spacial score (nSPS) is 14.1. The number of rotatable bonds is 20. The van der Waals surface area contributed by atoms with Gasteiger partial charge in [0.1, 0.15) is 6.04 Å². The molecule has 0 aliphatic carbocycles. The minimum Gasteiger partial charge on any atom is -0.479 e. The number of hydrogen-bond acceptors (Lipinski definition) is 9. The molecule has 1 heterocycles. The van der Waals surface area contributed by atoms with Crippen molar-refractivity contribution >= 4 is 47.6 Å². The van der Waals surface area contributed by atoms with Crippen molar-refractivity contribution in [1.82, 2.24) is 31.5 Å². The van der Waals surface area contributed by atoms with Gasteiger partial charge in [-0.25, -0.2) is 4.79 Å². The van der Waals surface area contributed by atoms with Crippen LogP contribution >= 0.6 is 0 Å². The second-order valence-electron chi connectivity index (χ2n) is 10.9. The Morgan fingerprint density at radius 1 is 0.851 bits per heavy atom. The van der Waals surface area contributed by atoms with Crippen LogP contribution < -0.4 is 26.6 Å². The maximum Gasteiger partial charge on any atom is 0.330 e. The molecule has 1 aliphatic heterocycles. The number of carbonyl (C=O) groups excluding carboxylic acids is 6. The molecule has 0 aromatic heterocycles. The van der Waals surface area contributed by atoms with Gasteiger partial charge in [0.25, 0.3) is 5.91 Å². The first-order valence-corrected chi connectivity index (χ1v) is 15.7. The number of ketones is 1. The Balaban J connectivity index is 2.10. The number of carbonyl (C=O) groups is 7. The van der Waals surface area contributed by atoms with E-state index in [1.54, 1.807) is 38.4 Å². The number of amides is 5. The zero-order chi connectivity index (χ0) is 34.8. The first-order valence-electron chi connectivity index (χ1n) is 15.7. The second kappa shape index (κ2) is 20.1. The van der Waals surface area contributed by atoms with Crippen LogP contribution in [0.4, 0.5) is 0 Å². The van der Waals surface area contributed by atoms with Gasteiger partial charge in [0.15, 0.2) is 6.04 Å². The summed E-state index contributed by atoms with van der Waals surface area (Å²) >= 11 is 0. The maximum absolute atomic E-state index is 13.5. The largest absolute Gasteiger partial charge is 0.479 e. The molecule has 6 N–H and O–H groups in total. The number of carboxylic acids is 1. The van der Waals surface area contributed by atoms with Crippen molar-refractivity contribution in [3.63, 3.8) is 0 Å². The van der Waals surface area contributed by atoms with Crippen LogP contribution in [-0.2, 0) is 33.6 Å². The van der Waals surface area contributed by atoms with E-state index in [2.05, 4.69) is 38.5 Å². The molecule has 0 saturated heterocycles. The van der Waals surface area contributed by atoms with Gasteiger partial charge >= 0.3 is 5.97 Å². The summed E-state index contributed by atoms with van der Waals surface area (Å²) in [4.78, 5) is 94.0. The Labute approximate surface area is 274 Å². The predicted molar refractivity (Wildman–Crippen MR) is 173 cm³/mol. The molecule has 0 saturated carbocycles. The highest BCUT2D eigenvalue weighted by Gasteiger charge is 2.31. The SMILES string of the molecule is CCCCN1C=NCC(CC(NC(=O)CNC(=O)CC)C(=O)NC(CCC)C(=O)C(=O)NCC(=O)NC(C(=O)O)c2ccccc2)=C1. The summed E-state index contributed by atoms with van der Waals surface area (Å²) < 4.78 is 0. The van der Waals surface area contributed by atoms with E-state index in [0.29, 0.717) is 18.5 Å². The molecule has 3 unspecified atom stereocenters. The van der Waals surface area contributed by atoms with Gasteiger partial charge in [-0.05, 0) is 24.0 Å². The maximum atomic E-state index is 13.5. The summed E-state index contributed by atoms with van der Waals surface area (Å²) in [5.74, 6) is -6.00. The van der Waals surface area contributed by atoms with E-state index in [4.69, 9.17) is 0 Å². The third-order valence-corrected chi connectivity index (χ3v) is 7.06. The molecule has 15 nitrogen and oxygen atoms in total. The Kier molecular flexibility index (Phi) is 16.3. The standard InChI is InChI=1S/C32H45N7O8/c1-4-7-14-39-19-21(16-33-20-39)15-24(36-26(41)17-34-25(40)6-3)30(44)37-23(11-5-2)29(43)31(45)35-18-27(42)38-28(32(46)47)22-12-9-8-10-13-22/h8-10,12-13,19-20,23-24,28H,4-7,11,14-18H2,1-3H3,(H,34,40)(H,35,45)(H,36,41)(H,37,44)(H,38,42)(H,46,47). The summed E-state index contributed by atoms with van der Waals surface area (Å²) in [5, 5.41) is 21.6. The number of hydrogen-bond donors (Lipinski definition) is 6. The lowest BCUT2D eigenvalue weighted by Crippen LogP contribution is -2.55. The van der Waals surface area contributed by atoms with Crippen molar-refractivity contribution in [3.8, 4) is 0 Å². The number of aliphatic imine (C=N–C) groups is 1. The minimum absolute atomic E-state index is 0.0603. The van der Waals surface area contributed by atoms with Crippen molar-refractivity contribution < 1.29 is 38.7 Å². The lowest BCUT2D eigenvalue weighted by Gasteiger charge is -2.25. The number of Topliss-reactive ketones (excluding diaryl/α,β-unsaturated/α-hetero) is 1. The molecule has 47 heavy (non-hydrogen) atoms. The fraction of sp³-hybridized carbons (Fsp3) is 0.500. The number of unbranched alkanes of at least 4 members (excludes halogenated alkanes) is 1. The zero-order valence-corrected chi connectivity index (χ0v) is 27.0. The van der Waals surface area contributed by atoms with E-state index in [9.17, 15) is 38.7 Å². The van der Waals surface area contributed by atoms with E-state index in [0.717, 1.165) is 25.0 Å². The highest BCUT2D eigenvalue weighted by molar-refractivity contribution is 6.38. The van der Waals surface area contributed by atoms with Gasteiger partial charge in [-0.3, -0.25) is 33.8 Å². The summed E-state index contributed by atoms with van der Waals surface area (Å²) in [5.41, 5.74) is 1.07. The van der Waals surface area contributed by atoms with Gasteiger partial charge in [-0.15, -0.1) is 0 Å². The average Bonchev–Trinajstić information content (AvgIpc) is 3.07. The molecule has 0 fully saturated rings. The summed E-state index contributed by atoms with van der Waals surface area (Å²) in [7, 11) is 0. The smallest absolute Gasteiger partial charge is 0.330 e. The van der Waals surface area contributed by atoms with Crippen LogP contribution in [0.5, 0.6) is 0 Å². The molecule has 0 spiro atoms. The summed E-state index contributed by atoms with van der Waals surface area (Å²) in [6.07, 6.45) is 6.18. The Hall–Kier alpha value is -5.08. The molecular formula is C32H45N7O8. The number of nitrogens with zero attached hydrogens (tertiary/aromatic N) is 2. The van der Waals surface area contributed by atoms with Gasteiger partial charge < -0.3 is 36.6 Å². The summed E-state index contributed by atoms with van der Waals surface area (Å²) in [6.45, 7) is 5.42. The molecule has 5 amide bonds. The van der Waals surface area contributed by atoms with Crippen LogP contribution in [0.2, 0.25) is 0 Å². The number of carboxylic acid groups (broad SMARTS) is 1. The van der Waals surface area contributed by atoms with Crippen molar-refractivity contribution in [2.45, 2.75) is 77.4 Å². The van der Waals surface area contributed by atoms with Gasteiger partial charge in [0.2, 0.25) is 29.4 Å². The topological polar surface area (TPSA) is 215 Å². The zero-order valence-electron chi connectivity index (χ0n) is 27.0. The number of benzene rings is 1. The Bertz CT molecular complexity index is 1330. The molecule has 3 atom stereocenters. The predicted octanol–water partition coefficient (Wildman–Crippen LogP) is 0.328. The van der Waals surface area contributed by atoms with Crippen molar-refractivity contribution in [2.24, 2.45) is 4.99 Å². The third kappa shape index (κ3) is 13.4. The molecule has 0 radical (unpaired) electrons. The number of aliphatic carboxylic acids is 1. The van der Waals surface area contributed by atoms with Gasteiger partial charge in [-0.2, -0.15) is 0 Å². The van der Waals surface area contributed by atoms with Gasteiger partial charge in [0, 0.05) is 25.6 Å². The molecule has 15 heteroatoms. The van der Waals surface area contributed by atoms with E-state index >= 15 is 0 Å². The van der Waals surface area contributed by atoms with Crippen molar-refractivity contribution in [3.05, 3.63) is 47.7 Å². The van der Waals surface area contributed by atoms with Crippen LogP contribution in [0, 0.1) is 0 Å². The van der Waals surface area contributed by atoms with Crippen LogP contribution in [0.25, 0.3) is 0 Å². The van der Waals surface area contributed by atoms with Crippen molar-refractivity contribution in [1.29, 1.82) is 0 Å². The minimum atomic E-state index is -1.37. The second-order valence-corrected chi connectivity index (χ2v) is 10.9. The Morgan fingerprint density at radius 3 is 2.17 bits per heavy atom. The highest BCUT2D eigenvalue weighted by atomic mass is 16.4. The van der Waals surface area contributed by atoms with Crippen LogP contribution in [0.15, 0.2) is 47.1 Å². The van der Waals surface area contributed by atoms with E-state index in [-0.39, 0.29) is 31.7 Å². The highest BCUT2D eigenvalue weighted by Crippen LogP contribution is 2.14. The monoisotopic (exact) mass is 655 g/mol. The molecular weight excluding hydrogens is 610 g/mol. The average molecular weight is 656 g/mol. The number of nitrogens with one attached hydrogen (secondary N) is 5.